The van der Waals surface area contributed by atoms with Gasteiger partial charge in [-0.05, 0) is 18.9 Å². The number of carbonyl (C=O) groups excluding carboxylic acids is 1. The van der Waals surface area contributed by atoms with Gasteiger partial charge in [-0.2, -0.15) is 0 Å². The molecule has 0 saturated heterocycles. The van der Waals surface area contributed by atoms with Crippen molar-refractivity contribution < 1.29 is 9.90 Å². The van der Waals surface area contributed by atoms with Gasteiger partial charge in [0.15, 0.2) is 0 Å². The maximum Gasteiger partial charge on any atom is 0.224 e. The van der Waals surface area contributed by atoms with Crippen LogP contribution in [0, 0.1) is 0 Å². The summed E-state index contributed by atoms with van der Waals surface area (Å²) < 4.78 is 0. The molecule has 0 unspecified atom stereocenters. The third-order valence-electron chi connectivity index (χ3n) is 3.56. The van der Waals surface area contributed by atoms with E-state index in [2.05, 4.69) is 5.32 Å². The second-order valence-electron chi connectivity index (χ2n) is 5.06. The van der Waals surface area contributed by atoms with Gasteiger partial charge in [0.25, 0.3) is 0 Å². The van der Waals surface area contributed by atoms with Crippen molar-refractivity contribution in [3.05, 3.63) is 29.8 Å². The van der Waals surface area contributed by atoms with Crippen LogP contribution in [-0.4, -0.2) is 17.1 Å². The first-order chi connectivity index (χ1) is 8.75. The predicted octanol–water partition coefficient (Wildman–Crippen LogP) is 2.77. The Hall–Kier alpha value is -1.51. The van der Waals surface area contributed by atoms with E-state index < -0.39 is 0 Å². The second-order valence-corrected chi connectivity index (χ2v) is 5.06. The zero-order chi connectivity index (χ0) is 12.8. The van der Waals surface area contributed by atoms with Crippen LogP contribution in [0.3, 0.4) is 0 Å². The lowest BCUT2D eigenvalue weighted by atomic mass is 10.1. The molecular weight excluding hydrogens is 226 g/mol. The standard InChI is InChI=1S/C15H21NO2/c17-14-10-6-5-7-12(14)11-15(18)16-13-8-3-1-2-4-9-13/h5-7,10,13,17H,1-4,8-9,11H2,(H,16,18). The van der Waals surface area contributed by atoms with Crippen LogP contribution in [0.5, 0.6) is 5.75 Å². The minimum atomic E-state index is 0.0170. The third kappa shape index (κ3) is 3.76. The highest BCUT2D eigenvalue weighted by molar-refractivity contribution is 5.79. The van der Waals surface area contributed by atoms with Crippen molar-refractivity contribution in [3.8, 4) is 5.75 Å². The first kappa shape index (κ1) is 12.9. The van der Waals surface area contributed by atoms with Gasteiger partial charge in [-0.15, -0.1) is 0 Å². The van der Waals surface area contributed by atoms with Gasteiger partial charge in [0.1, 0.15) is 5.75 Å². The first-order valence-corrected chi connectivity index (χ1v) is 6.82. The highest BCUT2D eigenvalue weighted by atomic mass is 16.3. The van der Waals surface area contributed by atoms with Gasteiger partial charge in [-0.1, -0.05) is 43.9 Å². The van der Waals surface area contributed by atoms with Crippen molar-refractivity contribution in [3.63, 3.8) is 0 Å². The summed E-state index contributed by atoms with van der Waals surface area (Å²) in [6.45, 7) is 0. The number of nitrogens with one attached hydrogen (secondary N) is 1. The molecule has 0 radical (unpaired) electrons. The largest absolute Gasteiger partial charge is 0.508 e. The van der Waals surface area contributed by atoms with Gasteiger partial charge in [-0.25, -0.2) is 0 Å². The predicted molar refractivity (Wildman–Crippen MR) is 71.4 cm³/mol. The van der Waals surface area contributed by atoms with Crippen LogP contribution in [0.15, 0.2) is 24.3 Å². The van der Waals surface area contributed by atoms with Crippen molar-refractivity contribution in [2.75, 3.05) is 0 Å². The molecule has 3 heteroatoms. The van der Waals surface area contributed by atoms with Crippen molar-refractivity contribution in [2.45, 2.75) is 51.0 Å². The first-order valence-electron chi connectivity index (χ1n) is 6.82. The zero-order valence-electron chi connectivity index (χ0n) is 10.7. The minimum absolute atomic E-state index is 0.0170. The van der Waals surface area contributed by atoms with E-state index in [9.17, 15) is 9.90 Å². The lowest BCUT2D eigenvalue weighted by Crippen LogP contribution is -2.35. The molecule has 0 heterocycles. The smallest absolute Gasteiger partial charge is 0.224 e. The lowest BCUT2D eigenvalue weighted by Gasteiger charge is -2.16. The molecule has 3 nitrogen and oxygen atoms in total. The van der Waals surface area contributed by atoms with Crippen LogP contribution in [0.2, 0.25) is 0 Å². The molecular formula is C15H21NO2. The van der Waals surface area contributed by atoms with E-state index in [1.54, 1.807) is 18.2 Å². The van der Waals surface area contributed by atoms with Gasteiger partial charge >= 0.3 is 0 Å². The number of hydrogen-bond donors (Lipinski definition) is 2. The Morgan fingerprint density at radius 1 is 1.17 bits per heavy atom. The number of benzene rings is 1. The molecule has 0 atom stereocenters. The summed E-state index contributed by atoms with van der Waals surface area (Å²) in [5, 5.41) is 12.7. The molecule has 1 saturated carbocycles. The summed E-state index contributed by atoms with van der Waals surface area (Å²) >= 11 is 0. The third-order valence-corrected chi connectivity index (χ3v) is 3.56. The van der Waals surface area contributed by atoms with E-state index in [0.717, 1.165) is 12.8 Å². The van der Waals surface area contributed by atoms with Gasteiger partial charge < -0.3 is 10.4 Å². The fraction of sp³-hybridized carbons (Fsp3) is 0.533. The number of phenols is 1. The van der Waals surface area contributed by atoms with Crippen LogP contribution < -0.4 is 5.32 Å². The Morgan fingerprint density at radius 3 is 2.50 bits per heavy atom. The Balaban J connectivity index is 1.86. The summed E-state index contributed by atoms with van der Waals surface area (Å²) in [5.41, 5.74) is 0.698. The van der Waals surface area contributed by atoms with E-state index in [0.29, 0.717) is 11.6 Å². The number of amides is 1. The van der Waals surface area contributed by atoms with E-state index in [-0.39, 0.29) is 18.1 Å². The highest BCUT2D eigenvalue weighted by Crippen LogP contribution is 2.19. The Morgan fingerprint density at radius 2 is 1.83 bits per heavy atom. The molecule has 0 bridgehead atoms. The fourth-order valence-electron chi connectivity index (χ4n) is 2.54. The van der Waals surface area contributed by atoms with Crippen LogP contribution >= 0.6 is 0 Å². The molecule has 18 heavy (non-hydrogen) atoms. The molecule has 1 aromatic carbocycles. The number of phenolic OH excluding ortho intramolecular Hbond substituents is 1. The normalized spacial score (nSPS) is 17.1. The van der Waals surface area contributed by atoms with Gasteiger partial charge in [0.2, 0.25) is 5.91 Å². The SMILES string of the molecule is O=C(Cc1ccccc1O)NC1CCCCCC1. The van der Waals surface area contributed by atoms with Crippen LogP contribution in [0.1, 0.15) is 44.1 Å². The van der Waals surface area contributed by atoms with Gasteiger partial charge in [0, 0.05) is 11.6 Å². The summed E-state index contributed by atoms with van der Waals surface area (Å²) in [7, 11) is 0. The zero-order valence-corrected chi connectivity index (χ0v) is 10.7. The second kappa shape index (κ2) is 6.43. The molecule has 1 aliphatic carbocycles. The monoisotopic (exact) mass is 247 g/mol. The molecule has 1 amide bonds. The molecule has 0 aromatic heterocycles. The number of para-hydroxylation sites is 1. The number of aromatic hydroxyl groups is 1. The van der Waals surface area contributed by atoms with Crippen LogP contribution in [-0.2, 0) is 11.2 Å². The number of carbonyl (C=O) groups is 1. The van der Waals surface area contributed by atoms with Crippen LogP contribution in [0.25, 0.3) is 0 Å². The van der Waals surface area contributed by atoms with E-state index in [1.165, 1.54) is 25.7 Å². The molecule has 1 aromatic rings. The summed E-state index contributed by atoms with van der Waals surface area (Å²) in [6.07, 6.45) is 7.43. The fourth-order valence-corrected chi connectivity index (χ4v) is 2.54. The summed E-state index contributed by atoms with van der Waals surface area (Å²) in [4.78, 5) is 11.9. The maximum atomic E-state index is 11.9. The molecule has 0 aliphatic heterocycles. The van der Waals surface area contributed by atoms with E-state index in [1.807, 2.05) is 6.07 Å². The highest BCUT2D eigenvalue weighted by Gasteiger charge is 2.15. The Labute approximate surface area is 108 Å². The van der Waals surface area contributed by atoms with Crippen molar-refractivity contribution >= 4 is 5.91 Å². The number of hydrogen-bond acceptors (Lipinski definition) is 2. The molecule has 2 rings (SSSR count). The minimum Gasteiger partial charge on any atom is -0.508 e. The van der Waals surface area contributed by atoms with Crippen LogP contribution in [0.4, 0.5) is 0 Å². The Kier molecular flexibility index (Phi) is 4.62. The average Bonchev–Trinajstić information content (AvgIpc) is 2.61. The van der Waals surface area contributed by atoms with Crippen molar-refractivity contribution in [1.29, 1.82) is 0 Å². The summed E-state index contributed by atoms with van der Waals surface area (Å²) in [5.74, 6) is 0.219. The van der Waals surface area contributed by atoms with E-state index >= 15 is 0 Å². The topological polar surface area (TPSA) is 49.3 Å². The molecule has 2 N–H and O–H groups in total. The molecule has 1 fully saturated rings. The molecule has 0 spiro atoms. The lowest BCUT2D eigenvalue weighted by molar-refractivity contribution is -0.121. The van der Waals surface area contributed by atoms with Gasteiger partial charge in [0.05, 0.1) is 6.42 Å². The quantitative estimate of drug-likeness (QED) is 0.807. The van der Waals surface area contributed by atoms with Crippen molar-refractivity contribution in [1.82, 2.24) is 5.32 Å². The van der Waals surface area contributed by atoms with E-state index in [4.69, 9.17) is 0 Å². The average molecular weight is 247 g/mol. The maximum absolute atomic E-state index is 11.9. The Bertz CT molecular complexity index is 395. The number of rotatable bonds is 3. The van der Waals surface area contributed by atoms with Crippen molar-refractivity contribution in [2.24, 2.45) is 0 Å². The van der Waals surface area contributed by atoms with Gasteiger partial charge in [-0.3, -0.25) is 4.79 Å². The molecule has 98 valence electrons. The molecule has 1 aliphatic rings. The summed E-state index contributed by atoms with van der Waals surface area (Å²) in [6, 6.07) is 7.34.